The van der Waals surface area contributed by atoms with Gasteiger partial charge in [-0.15, -0.1) is 0 Å². The number of nitrogens with zero attached hydrogens (tertiary/aromatic N) is 5. The monoisotopic (exact) mass is 434 g/mol. The summed E-state index contributed by atoms with van der Waals surface area (Å²) in [7, 11) is 0. The minimum atomic E-state index is -0.290. The summed E-state index contributed by atoms with van der Waals surface area (Å²) < 4.78 is 6.98. The molecule has 166 valence electrons. The topological polar surface area (TPSA) is 102 Å². The Hall–Kier alpha value is -3.75. The van der Waals surface area contributed by atoms with Crippen LogP contribution < -0.4 is 20.5 Å². The van der Waals surface area contributed by atoms with Gasteiger partial charge in [0.1, 0.15) is 24.8 Å². The molecule has 1 aliphatic heterocycles. The van der Waals surface area contributed by atoms with E-state index < -0.39 is 0 Å². The molecule has 1 aliphatic rings. The molecule has 2 aromatic heterocycles. The quantitative estimate of drug-likeness (QED) is 0.540. The first-order chi connectivity index (χ1) is 15.6. The molecular formula is C23H26N6O3. The first-order valence-corrected chi connectivity index (χ1v) is 10.7. The second kappa shape index (κ2) is 10.0. The number of amides is 1. The third-order valence-electron chi connectivity index (χ3n) is 5.17. The Balaban J connectivity index is 1.26. The number of anilines is 1. The van der Waals surface area contributed by atoms with Crippen molar-refractivity contribution in [1.29, 1.82) is 0 Å². The number of hydrogen-bond donors (Lipinski definition) is 1. The fourth-order valence-electron chi connectivity index (χ4n) is 3.58. The highest BCUT2D eigenvalue weighted by Gasteiger charge is 2.15. The molecule has 0 saturated carbocycles. The van der Waals surface area contributed by atoms with Gasteiger partial charge < -0.3 is 15.0 Å². The number of nitrogens with one attached hydrogen (secondary N) is 1. The van der Waals surface area contributed by atoms with Gasteiger partial charge in [0.05, 0.1) is 18.6 Å². The molecule has 0 bridgehead atoms. The van der Waals surface area contributed by atoms with Crippen LogP contribution in [0, 0.1) is 6.92 Å². The van der Waals surface area contributed by atoms with Gasteiger partial charge >= 0.3 is 0 Å². The number of aryl methyl sites for hydroxylation is 1. The molecule has 0 radical (unpaired) electrons. The number of benzene rings is 1. The molecule has 1 aromatic carbocycles. The molecule has 0 spiro atoms. The Bertz CT molecular complexity index is 1130. The highest BCUT2D eigenvalue weighted by atomic mass is 16.5. The minimum absolute atomic E-state index is 0.105. The first kappa shape index (κ1) is 21.5. The number of carbonyl (C=O) groups excluding carboxylic acids is 1. The van der Waals surface area contributed by atoms with Gasteiger partial charge in [-0.25, -0.2) is 9.97 Å². The second-order valence-electron chi connectivity index (χ2n) is 7.61. The Kier molecular flexibility index (Phi) is 6.74. The van der Waals surface area contributed by atoms with Crippen LogP contribution in [0.4, 0.5) is 5.82 Å². The van der Waals surface area contributed by atoms with Crippen LogP contribution in [-0.2, 0) is 11.3 Å². The van der Waals surface area contributed by atoms with E-state index in [4.69, 9.17) is 4.74 Å². The second-order valence-corrected chi connectivity index (χ2v) is 7.61. The largest absolute Gasteiger partial charge is 0.476 e. The lowest BCUT2D eigenvalue weighted by atomic mass is 10.1. The maximum Gasteiger partial charge on any atom is 0.254 e. The third kappa shape index (κ3) is 5.48. The highest BCUT2D eigenvalue weighted by Crippen LogP contribution is 2.21. The Morgan fingerprint density at radius 1 is 1.12 bits per heavy atom. The van der Waals surface area contributed by atoms with E-state index in [-0.39, 0.29) is 24.6 Å². The summed E-state index contributed by atoms with van der Waals surface area (Å²) in [5.41, 5.74) is 1.15. The van der Waals surface area contributed by atoms with Crippen LogP contribution in [0.1, 0.15) is 18.7 Å². The van der Waals surface area contributed by atoms with E-state index in [2.05, 4.69) is 25.2 Å². The van der Waals surface area contributed by atoms with E-state index in [1.807, 2.05) is 43.3 Å². The van der Waals surface area contributed by atoms with E-state index >= 15 is 0 Å². The number of aromatic nitrogens is 4. The van der Waals surface area contributed by atoms with Gasteiger partial charge in [-0.05, 0) is 19.8 Å². The van der Waals surface area contributed by atoms with Crippen LogP contribution in [0.15, 0.2) is 53.6 Å². The number of rotatable bonds is 8. The first-order valence-electron chi connectivity index (χ1n) is 10.7. The molecule has 1 saturated heterocycles. The van der Waals surface area contributed by atoms with Crippen LogP contribution in [0.3, 0.4) is 0 Å². The maximum absolute atomic E-state index is 12.3. The van der Waals surface area contributed by atoms with Crippen molar-refractivity contribution in [3.05, 3.63) is 65.0 Å². The van der Waals surface area contributed by atoms with Crippen molar-refractivity contribution in [2.24, 2.45) is 0 Å². The zero-order valence-electron chi connectivity index (χ0n) is 18.0. The summed E-state index contributed by atoms with van der Waals surface area (Å²) in [5.74, 6) is 1.73. The standard InChI is InChI=1S/C23H26N6O3/c1-17-26-20(28-10-5-6-11-28)14-22(27-17)32-12-9-24-21(30)15-29-16-25-19(13-23(29)31)18-7-3-2-4-8-18/h2-4,7-8,13-14,16H,5-6,9-12,15H2,1H3,(H,24,30). The summed E-state index contributed by atoms with van der Waals surface area (Å²) in [6.07, 6.45) is 3.72. The number of ether oxygens (including phenoxy) is 1. The molecule has 1 amide bonds. The number of hydrogen-bond acceptors (Lipinski definition) is 7. The van der Waals surface area contributed by atoms with Crippen LogP contribution in [0.5, 0.6) is 5.88 Å². The third-order valence-corrected chi connectivity index (χ3v) is 5.17. The summed E-state index contributed by atoms with van der Waals surface area (Å²) in [5, 5.41) is 2.75. The lowest BCUT2D eigenvalue weighted by Gasteiger charge is -2.17. The van der Waals surface area contributed by atoms with Crippen molar-refractivity contribution in [1.82, 2.24) is 24.8 Å². The molecule has 9 heteroatoms. The van der Waals surface area contributed by atoms with E-state index in [1.165, 1.54) is 29.8 Å². The Labute approximate surface area is 186 Å². The number of carbonyl (C=O) groups is 1. The van der Waals surface area contributed by atoms with Gasteiger partial charge in [0, 0.05) is 30.8 Å². The molecule has 0 aliphatic carbocycles. The van der Waals surface area contributed by atoms with Crippen LogP contribution in [-0.4, -0.2) is 51.7 Å². The Morgan fingerprint density at radius 3 is 2.66 bits per heavy atom. The minimum Gasteiger partial charge on any atom is -0.476 e. The lowest BCUT2D eigenvalue weighted by Crippen LogP contribution is -2.34. The molecule has 4 rings (SSSR count). The normalized spacial score (nSPS) is 13.2. The summed E-state index contributed by atoms with van der Waals surface area (Å²) >= 11 is 0. The van der Waals surface area contributed by atoms with Crippen LogP contribution >= 0.6 is 0 Å². The maximum atomic E-state index is 12.3. The fourth-order valence-corrected chi connectivity index (χ4v) is 3.58. The summed E-state index contributed by atoms with van der Waals surface area (Å²) in [6.45, 7) is 4.28. The predicted molar refractivity (Wildman–Crippen MR) is 121 cm³/mol. The molecule has 0 unspecified atom stereocenters. The molecule has 32 heavy (non-hydrogen) atoms. The van der Waals surface area contributed by atoms with Crippen molar-refractivity contribution >= 4 is 11.7 Å². The van der Waals surface area contributed by atoms with Gasteiger partial charge in [-0.2, -0.15) is 4.98 Å². The van der Waals surface area contributed by atoms with Crippen molar-refractivity contribution in [2.45, 2.75) is 26.3 Å². The van der Waals surface area contributed by atoms with Crippen LogP contribution in [0.2, 0.25) is 0 Å². The van der Waals surface area contributed by atoms with Gasteiger partial charge in [0.25, 0.3) is 5.56 Å². The summed E-state index contributed by atoms with van der Waals surface area (Å²) in [6, 6.07) is 12.7. The molecule has 3 aromatic rings. The lowest BCUT2D eigenvalue weighted by molar-refractivity contribution is -0.121. The van der Waals surface area contributed by atoms with Crippen molar-refractivity contribution in [3.63, 3.8) is 0 Å². The van der Waals surface area contributed by atoms with Gasteiger partial charge in [-0.1, -0.05) is 30.3 Å². The van der Waals surface area contributed by atoms with Crippen LogP contribution in [0.25, 0.3) is 11.3 Å². The molecule has 1 N–H and O–H groups in total. The van der Waals surface area contributed by atoms with E-state index in [1.54, 1.807) is 0 Å². The van der Waals surface area contributed by atoms with E-state index in [9.17, 15) is 9.59 Å². The van der Waals surface area contributed by atoms with E-state index in [0.717, 1.165) is 24.5 Å². The predicted octanol–water partition coefficient (Wildman–Crippen LogP) is 1.80. The van der Waals surface area contributed by atoms with Crippen molar-refractivity contribution in [2.75, 3.05) is 31.1 Å². The fraction of sp³-hybridized carbons (Fsp3) is 0.348. The highest BCUT2D eigenvalue weighted by molar-refractivity contribution is 5.75. The average Bonchev–Trinajstić information content (AvgIpc) is 3.33. The SMILES string of the molecule is Cc1nc(OCCNC(=O)Cn2cnc(-c3ccccc3)cc2=O)cc(N2CCCC2)n1. The van der Waals surface area contributed by atoms with Gasteiger partial charge in [-0.3, -0.25) is 14.2 Å². The molecule has 0 atom stereocenters. The molecule has 3 heterocycles. The molecule has 1 fully saturated rings. The zero-order valence-corrected chi connectivity index (χ0v) is 18.0. The summed E-state index contributed by atoms with van der Waals surface area (Å²) in [4.78, 5) is 39.9. The zero-order chi connectivity index (χ0) is 22.3. The smallest absolute Gasteiger partial charge is 0.254 e. The van der Waals surface area contributed by atoms with E-state index in [0.29, 0.717) is 23.9 Å². The van der Waals surface area contributed by atoms with Gasteiger partial charge in [0.2, 0.25) is 11.8 Å². The molecular weight excluding hydrogens is 408 g/mol. The Morgan fingerprint density at radius 2 is 1.91 bits per heavy atom. The average molecular weight is 435 g/mol. The van der Waals surface area contributed by atoms with Crippen molar-refractivity contribution in [3.8, 4) is 17.1 Å². The molecule has 9 nitrogen and oxygen atoms in total. The van der Waals surface area contributed by atoms with Crippen molar-refractivity contribution < 1.29 is 9.53 Å². The van der Waals surface area contributed by atoms with Gasteiger partial charge in [0.15, 0.2) is 0 Å².